The third-order valence-electron chi connectivity index (χ3n) is 1.60. The molecule has 0 bridgehead atoms. The number of aliphatic hydroxyl groups is 1. The van der Waals surface area contributed by atoms with Crippen molar-refractivity contribution >= 4 is 34.2 Å². The maximum atomic E-state index is 8.66. The minimum Gasteiger partial charge on any atom is -0.371 e. The molecule has 4 heteroatoms. The Morgan fingerprint density at radius 1 is 1.43 bits per heavy atom. The van der Waals surface area contributed by atoms with E-state index in [-0.39, 0.29) is 6.79 Å². The van der Waals surface area contributed by atoms with E-state index in [4.69, 9.17) is 21.4 Å². The highest BCUT2D eigenvalue weighted by atomic mass is 127. The van der Waals surface area contributed by atoms with Crippen molar-refractivity contribution in [1.29, 1.82) is 0 Å². The van der Waals surface area contributed by atoms with Gasteiger partial charge in [-0.05, 0) is 21.6 Å². The molecule has 14 heavy (non-hydrogen) atoms. The average Bonchev–Trinajstić information content (AvgIpc) is 2.19. The van der Waals surface area contributed by atoms with Crippen molar-refractivity contribution in [2.45, 2.75) is 6.10 Å². The van der Waals surface area contributed by atoms with Crippen molar-refractivity contribution in [3.63, 3.8) is 0 Å². The summed E-state index contributed by atoms with van der Waals surface area (Å²) in [6.07, 6.45) is -0.394. The fourth-order valence-electron chi connectivity index (χ4n) is 0.983. The molecule has 1 atom stereocenters. The molecule has 1 aromatic carbocycles. The predicted molar refractivity (Wildman–Crippen MR) is 64.2 cm³/mol. The SMILES string of the molecule is OCO[C@@H](C#CI)c1ccc(Cl)cc1. The second-order valence-corrected chi connectivity index (χ2v) is 3.44. The molecule has 0 unspecified atom stereocenters. The van der Waals surface area contributed by atoms with E-state index in [1.807, 2.05) is 34.7 Å². The summed E-state index contributed by atoms with van der Waals surface area (Å²) in [5.41, 5.74) is 0.882. The van der Waals surface area contributed by atoms with E-state index < -0.39 is 6.10 Å². The Kier molecular flexibility index (Phi) is 5.26. The van der Waals surface area contributed by atoms with Gasteiger partial charge in [0.1, 0.15) is 12.9 Å². The summed E-state index contributed by atoms with van der Waals surface area (Å²) in [5.74, 6) is 2.83. The van der Waals surface area contributed by atoms with Crippen LogP contribution in [-0.4, -0.2) is 11.9 Å². The molecule has 0 aromatic heterocycles. The summed E-state index contributed by atoms with van der Waals surface area (Å²) in [6, 6.07) is 7.17. The van der Waals surface area contributed by atoms with Crippen LogP contribution in [-0.2, 0) is 4.74 Å². The number of rotatable bonds is 3. The van der Waals surface area contributed by atoms with Crippen LogP contribution in [0.1, 0.15) is 11.7 Å². The number of hydrogen-bond acceptors (Lipinski definition) is 2. The van der Waals surface area contributed by atoms with E-state index >= 15 is 0 Å². The first-order valence-corrected chi connectivity index (χ1v) is 5.32. The van der Waals surface area contributed by atoms with E-state index in [1.165, 1.54) is 0 Å². The third-order valence-corrected chi connectivity index (χ3v) is 2.16. The summed E-state index contributed by atoms with van der Waals surface area (Å²) in [6.45, 7) is -0.349. The quantitative estimate of drug-likeness (QED) is 0.527. The fourth-order valence-corrected chi connectivity index (χ4v) is 1.39. The second-order valence-electron chi connectivity index (χ2n) is 2.47. The van der Waals surface area contributed by atoms with Crippen LogP contribution in [0.25, 0.3) is 0 Å². The lowest BCUT2D eigenvalue weighted by molar-refractivity contribution is -0.0282. The third kappa shape index (κ3) is 3.46. The lowest BCUT2D eigenvalue weighted by Crippen LogP contribution is -2.02. The first-order valence-electron chi connectivity index (χ1n) is 3.87. The Bertz CT molecular complexity index is 339. The van der Waals surface area contributed by atoms with Crippen LogP contribution in [0.15, 0.2) is 24.3 Å². The monoisotopic (exact) mass is 322 g/mol. The lowest BCUT2D eigenvalue weighted by atomic mass is 10.1. The zero-order valence-electron chi connectivity index (χ0n) is 7.21. The van der Waals surface area contributed by atoms with E-state index in [2.05, 4.69) is 9.85 Å². The van der Waals surface area contributed by atoms with Gasteiger partial charge in [0.05, 0.1) is 0 Å². The number of ether oxygens (including phenoxy) is 1. The topological polar surface area (TPSA) is 29.5 Å². The zero-order chi connectivity index (χ0) is 10.4. The summed E-state index contributed by atoms with van der Waals surface area (Å²) in [4.78, 5) is 0. The summed E-state index contributed by atoms with van der Waals surface area (Å²) in [7, 11) is 0. The van der Waals surface area contributed by atoms with Crippen molar-refractivity contribution < 1.29 is 9.84 Å². The molecule has 0 fully saturated rings. The highest BCUT2D eigenvalue weighted by molar-refractivity contribution is 14.1. The molecular formula is C10H8ClIO2. The average molecular weight is 323 g/mol. The maximum absolute atomic E-state index is 8.66. The van der Waals surface area contributed by atoms with Crippen LogP contribution >= 0.6 is 34.2 Å². The van der Waals surface area contributed by atoms with Crippen molar-refractivity contribution in [2.24, 2.45) is 0 Å². The molecule has 0 aliphatic carbocycles. The largest absolute Gasteiger partial charge is 0.371 e. The summed E-state index contributed by atoms with van der Waals surface area (Å²) >= 11 is 7.67. The molecule has 0 saturated heterocycles. The lowest BCUT2D eigenvalue weighted by Gasteiger charge is -2.09. The molecule has 2 nitrogen and oxygen atoms in total. The Morgan fingerprint density at radius 2 is 2.07 bits per heavy atom. The highest BCUT2D eigenvalue weighted by Crippen LogP contribution is 2.19. The Balaban J connectivity index is 2.85. The first-order chi connectivity index (χ1) is 6.77. The van der Waals surface area contributed by atoms with Crippen LogP contribution in [0.5, 0.6) is 0 Å². The normalized spacial score (nSPS) is 11.6. The van der Waals surface area contributed by atoms with Crippen molar-refractivity contribution in [3.8, 4) is 9.85 Å². The minimum atomic E-state index is -0.394. The highest BCUT2D eigenvalue weighted by Gasteiger charge is 2.07. The molecule has 0 radical (unpaired) electrons. The van der Waals surface area contributed by atoms with Crippen LogP contribution in [0.3, 0.4) is 0 Å². The molecule has 0 spiro atoms. The Hall–Kier alpha value is -0.280. The first kappa shape index (κ1) is 11.8. The summed E-state index contributed by atoms with van der Waals surface area (Å²) in [5, 5.41) is 9.33. The van der Waals surface area contributed by atoms with Crippen LogP contribution in [0, 0.1) is 9.85 Å². The van der Waals surface area contributed by atoms with E-state index in [0.717, 1.165) is 5.56 Å². The van der Waals surface area contributed by atoms with E-state index in [0.29, 0.717) is 5.02 Å². The van der Waals surface area contributed by atoms with Gasteiger partial charge in [0.2, 0.25) is 0 Å². The molecule has 0 heterocycles. The van der Waals surface area contributed by atoms with Crippen molar-refractivity contribution in [2.75, 3.05) is 6.79 Å². The molecular weight excluding hydrogens is 314 g/mol. The van der Waals surface area contributed by atoms with Gasteiger partial charge in [-0.25, -0.2) is 0 Å². The van der Waals surface area contributed by atoms with Gasteiger partial charge >= 0.3 is 0 Å². The van der Waals surface area contributed by atoms with Gasteiger partial charge in [-0.2, -0.15) is 0 Å². The number of hydrogen-bond donors (Lipinski definition) is 1. The smallest absolute Gasteiger partial charge is 0.147 e. The van der Waals surface area contributed by atoms with E-state index in [1.54, 1.807) is 12.1 Å². The predicted octanol–water partition coefficient (Wildman–Crippen LogP) is 2.74. The summed E-state index contributed by atoms with van der Waals surface area (Å²) < 4.78 is 7.76. The maximum Gasteiger partial charge on any atom is 0.147 e. The van der Waals surface area contributed by atoms with Gasteiger partial charge in [-0.15, -0.1) is 0 Å². The van der Waals surface area contributed by atoms with E-state index in [9.17, 15) is 0 Å². The van der Waals surface area contributed by atoms with Gasteiger partial charge in [0.15, 0.2) is 0 Å². The van der Waals surface area contributed by atoms with Gasteiger partial charge in [0, 0.05) is 27.6 Å². The van der Waals surface area contributed by atoms with Gasteiger partial charge in [-0.3, -0.25) is 0 Å². The van der Waals surface area contributed by atoms with Gasteiger partial charge in [0.25, 0.3) is 0 Å². The molecule has 0 saturated carbocycles. The number of aliphatic hydroxyl groups excluding tert-OH is 1. The Morgan fingerprint density at radius 3 is 2.57 bits per heavy atom. The molecule has 0 aliphatic rings. The van der Waals surface area contributed by atoms with Crippen LogP contribution in [0.4, 0.5) is 0 Å². The van der Waals surface area contributed by atoms with Gasteiger partial charge < -0.3 is 9.84 Å². The number of benzene rings is 1. The minimum absolute atomic E-state index is 0.349. The molecule has 74 valence electrons. The molecule has 1 N–H and O–H groups in total. The zero-order valence-corrected chi connectivity index (χ0v) is 10.1. The molecule has 1 aromatic rings. The van der Waals surface area contributed by atoms with Crippen molar-refractivity contribution in [1.82, 2.24) is 0 Å². The Labute approximate surface area is 101 Å². The number of halogens is 2. The fraction of sp³-hybridized carbons (Fsp3) is 0.200. The van der Waals surface area contributed by atoms with Gasteiger partial charge in [-0.1, -0.05) is 29.7 Å². The van der Waals surface area contributed by atoms with Crippen molar-refractivity contribution in [3.05, 3.63) is 34.9 Å². The molecule has 0 aliphatic heterocycles. The molecule has 1 rings (SSSR count). The second kappa shape index (κ2) is 6.25. The van der Waals surface area contributed by atoms with Crippen LogP contribution < -0.4 is 0 Å². The standard InChI is InChI=1S/C10H8ClIO2/c11-9-3-1-8(2-4-9)10(5-6-12)14-7-13/h1-4,10,13H,7H2/t10-/m0/s1. The van der Waals surface area contributed by atoms with Crippen LogP contribution in [0.2, 0.25) is 5.02 Å². The molecule has 0 amide bonds.